The summed E-state index contributed by atoms with van der Waals surface area (Å²) < 4.78 is 0. The quantitative estimate of drug-likeness (QED) is 0.208. The predicted molar refractivity (Wildman–Crippen MR) is 53.0 cm³/mol. The van der Waals surface area contributed by atoms with Crippen molar-refractivity contribution >= 4 is 0 Å². The number of rotatable bonds is 8. The van der Waals surface area contributed by atoms with Crippen LogP contribution in [0.25, 0.3) is 0 Å². The van der Waals surface area contributed by atoms with E-state index in [1.807, 2.05) is 0 Å². The average Bonchev–Trinajstić information content (AvgIpc) is 2.26. The molecule has 15 heavy (non-hydrogen) atoms. The largest absolute Gasteiger partial charge is 0.394 e. The summed E-state index contributed by atoms with van der Waals surface area (Å²) in [5.74, 6) is 0. The maximum absolute atomic E-state index is 9.35. The van der Waals surface area contributed by atoms with Crippen LogP contribution in [-0.2, 0) is 0 Å². The molecule has 0 aromatic rings. The molecule has 0 radical (unpaired) electrons. The monoisotopic (exact) mass is 224 g/mol. The normalized spacial score (nSPS) is 19.6. The molecule has 0 bridgehead atoms. The molecule has 7 heteroatoms. The van der Waals surface area contributed by atoms with Gasteiger partial charge >= 0.3 is 0 Å². The highest BCUT2D eigenvalue weighted by Crippen LogP contribution is 2.04. The molecule has 8 N–H and O–H groups in total. The second-order valence-corrected chi connectivity index (χ2v) is 3.29. The molecule has 92 valence electrons. The van der Waals surface area contributed by atoms with Gasteiger partial charge in [-0.25, -0.2) is 0 Å². The molecular formula is C8H20N2O5. The first kappa shape index (κ1) is 14.7. The molecule has 0 unspecified atom stereocenters. The first-order valence-electron chi connectivity index (χ1n) is 4.78. The van der Waals surface area contributed by atoms with E-state index in [1.54, 1.807) is 0 Å². The van der Waals surface area contributed by atoms with E-state index >= 15 is 0 Å². The molecule has 0 aliphatic carbocycles. The van der Waals surface area contributed by atoms with Gasteiger partial charge in [-0.3, -0.25) is 0 Å². The van der Waals surface area contributed by atoms with Crippen LogP contribution in [0, 0.1) is 0 Å². The molecule has 7 nitrogen and oxygen atoms in total. The zero-order valence-corrected chi connectivity index (χ0v) is 8.45. The summed E-state index contributed by atoms with van der Waals surface area (Å²) in [4.78, 5) is 0. The Bertz CT molecular complexity index is 160. The second-order valence-electron chi connectivity index (χ2n) is 3.29. The lowest BCUT2D eigenvalue weighted by Crippen LogP contribution is -2.49. The number of hydrogen-bond acceptors (Lipinski definition) is 7. The molecule has 0 aliphatic rings. The van der Waals surface area contributed by atoms with E-state index < -0.39 is 31.0 Å². The fraction of sp³-hybridized carbons (Fsp3) is 1.00. The van der Waals surface area contributed by atoms with Crippen molar-refractivity contribution in [3.05, 3.63) is 0 Å². The Morgan fingerprint density at radius 3 is 2.00 bits per heavy atom. The highest BCUT2D eigenvalue weighted by atomic mass is 16.4. The lowest BCUT2D eigenvalue weighted by Gasteiger charge is -2.25. The summed E-state index contributed by atoms with van der Waals surface area (Å²) in [6.07, 6.45) is -5.79. The number of hydrogen-bond donors (Lipinski definition) is 7. The van der Waals surface area contributed by atoms with Gasteiger partial charge in [0.2, 0.25) is 0 Å². The maximum Gasteiger partial charge on any atom is 0.111 e. The van der Waals surface area contributed by atoms with Gasteiger partial charge in [-0.05, 0) is 0 Å². The van der Waals surface area contributed by atoms with Gasteiger partial charge < -0.3 is 36.6 Å². The third-order valence-corrected chi connectivity index (χ3v) is 2.00. The topological polar surface area (TPSA) is 139 Å². The minimum atomic E-state index is -1.58. The molecule has 0 saturated carbocycles. The van der Waals surface area contributed by atoms with Crippen LogP contribution in [0.4, 0.5) is 0 Å². The number of nitrogens with one attached hydrogen (secondary N) is 1. The Hall–Kier alpha value is -0.280. The lowest BCUT2D eigenvalue weighted by molar-refractivity contribution is -0.113. The standard InChI is InChI=1S/C8H20N2O5/c9-1-2-10-3-5(12)7(14)8(15)6(13)4-11/h5-8,10-15H,1-4,9H2/t5-,6+,7+,8+/m0/s1. The van der Waals surface area contributed by atoms with Crippen molar-refractivity contribution in [3.8, 4) is 0 Å². The Morgan fingerprint density at radius 2 is 1.53 bits per heavy atom. The average molecular weight is 224 g/mol. The van der Waals surface area contributed by atoms with E-state index in [2.05, 4.69) is 5.32 Å². The molecule has 0 amide bonds. The van der Waals surface area contributed by atoms with Gasteiger partial charge in [-0.1, -0.05) is 0 Å². The molecule has 0 saturated heterocycles. The van der Waals surface area contributed by atoms with Crippen LogP contribution < -0.4 is 11.1 Å². The van der Waals surface area contributed by atoms with E-state index in [0.29, 0.717) is 13.1 Å². The minimum Gasteiger partial charge on any atom is -0.394 e. The highest BCUT2D eigenvalue weighted by Gasteiger charge is 2.29. The summed E-state index contributed by atoms with van der Waals surface area (Å²) in [5.41, 5.74) is 5.19. The van der Waals surface area contributed by atoms with Crippen LogP contribution in [0.1, 0.15) is 0 Å². The number of aliphatic hydroxyl groups is 5. The van der Waals surface area contributed by atoms with Crippen molar-refractivity contribution in [2.45, 2.75) is 24.4 Å². The molecular weight excluding hydrogens is 204 g/mol. The van der Waals surface area contributed by atoms with E-state index in [9.17, 15) is 15.3 Å². The molecule has 0 heterocycles. The molecule has 0 aromatic carbocycles. The number of aliphatic hydroxyl groups excluding tert-OH is 5. The van der Waals surface area contributed by atoms with E-state index in [0.717, 1.165) is 0 Å². The Labute approximate surface area is 88.2 Å². The van der Waals surface area contributed by atoms with Crippen molar-refractivity contribution in [2.24, 2.45) is 5.73 Å². The fourth-order valence-corrected chi connectivity index (χ4v) is 1.04. The third-order valence-electron chi connectivity index (χ3n) is 2.00. The maximum atomic E-state index is 9.35. The summed E-state index contributed by atoms with van der Waals surface area (Å²) >= 11 is 0. The van der Waals surface area contributed by atoms with E-state index in [-0.39, 0.29) is 6.54 Å². The first-order chi connectivity index (χ1) is 7.04. The number of nitrogens with two attached hydrogens (primary N) is 1. The van der Waals surface area contributed by atoms with Gasteiger partial charge in [0, 0.05) is 19.6 Å². The fourth-order valence-electron chi connectivity index (χ4n) is 1.04. The van der Waals surface area contributed by atoms with Crippen molar-refractivity contribution < 1.29 is 25.5 Å². The Kier molecular flexibility index (Phi) is 7.79. The Morgan fingerprint density at radius 1 is 1.00 bits per heavy atom. The van der Waals surface area contributed by atoms with Crippen LogP contribution >= 0.6 is 0 Å². The van der Waals surface area contributed by atoms with Crippen LogP contribution in [0.2, 0.25) is 0 Å². The van der Waals surface area contributed by atoms with Crippen LogP contribution in [-0.4, -0.2) is 76.2 Å². The molecule has 0 rings (SSSR count). The van der Waals surface area contributed by atoms with Gasteiger partial charge in [-0.15, -0.1) is 0 Å². The van der Waals surface area contributed by atoms with Crippen molar-refractivity contribution in [1.29, 1.82) is 0 Å². The molecule has 0 aromatic heterocycles. The SMILES string of the molecule is NCCNC[C@H](O)[C@@H](O)[C@H](O)[C@H](O)CO. The summed E-state index contributed by atoms with van der Waals surface area (Å²) in [6, 6.07) is 0. The summed E-state index contributed by atoms with van der Waals surface area (Å²) in [6.45, 7) is 0.238. The van der Waals surface area contributed by atoms with Gasteiger partial charge in [0.05, 0.1) is 12.7 Å². The van der Waals surface area contributed by atoms with Crippen molar-refractivity contribution in [1.82, 2.24) is 5.32 Å². The predicted octanol–water partition coefficient (Wildman–Crippen LogP) is -4.03. The molecule has 0 aliphatic heterocycles. The molecule has 0 fully saturated rings. The lowest BCUT2D eigenvalue weighted by atomic mass is 10.0. The highest BCUT2D eigenvalue weighted by molar-refractivity contribution is 4.81. The smallest absolute Gasteiger partial charge is 0.111 e. The van der Waals surface area contributed by atoms with Crippen LogP contribution in [0.15, 0.2) is 0 Å². The van der Waals surface area contributed by atoms with Gasteiger partial charge in [0.15, 0.2) is 0 Å². The van der Waals surface area contributed by atoms with Gasteiger partial charge in [0.1, 0.15) is 18.3 Å². The second kappa shape index (κ2) is 7.94. The Balaban J connectivity index is 3.90. The first-order valence-corrected chi connectivity index (χ1v) is 4.78. The summed E-state index contributed by atoms with van der Waals surface area (Å²) in [7, 11) is 0. The minimum absolute atomic E-state index is 0.0492. The van der Waals surface area contributed by atoms with E-state index in [1.165, 1.54) is 0 Å². The van der Waals surface area contributed by atoms with Crippen LogP contribution in [0.3, 0.4) is 0 Å². The van der Waals surface area contributed by atoms with Crippen molar-refractivity contribution in [3.63, 3.8) is 0 Å². The zero-order valence-electron chi connectivity index (χ0n) is 8.45. The van der Waals surface area contributed by atoms with Crippen LogP contribution in [0.5, 0.6) is 0 Å². The zero-order chi connectivity index (χ0) is 11.8. The van der Waals surface area contributed by atoms with Gasteiger partial charge in [0.25, 0.3) is 0 Å². The third kappa shape index (κ3) is 5.38. The summed E-state index contributed by atoms with van der Waals surface area (Å²) in [5, 5.41) is 48.2. The van der Waals surface area contributed by atoms with E-state index in [4.69, 9.17) is 15.9 Å². The van der Waals surface area contributed by atoms with Gasteiger partial charge in [-0.2, -0.15) is 0 Å². The molecule has 4 atom stereocenters. The van der Waals surface area contributed by atoms with Crippen molar-refractivity contribution in [2.75, 3.05) is 26.2 Å². The molecule has 0 spiro atoms.